The van der Waals surface area contributed by atoms with E-state index in [-0.39, 0.29) is 11.1 Å². The van der Waals surface area contributed by atoms with Crippen LogP contribution in [0.3, 0.4) is 0 Å². The molecule has 2 aromatic carbocycles. The van der Waals surface area contributed by atoms with E-state index in [1.165, 1.54) is 17.8 Å². The Kier molecular flexibility index (Phi) is 7.23. The minimum atomic E-state index is -0.555. The van der Waals surface area contributed by atoms with Gasteiger partial charge in [0.15, 0.2) is 0 Å². The fraction of sp³-hybridized carbons (Fsp3) is 0.259. The Labute approximate surface area is 199 Å². The molecule has 1 heterocycles. The average molecular weight is 461 g/mol. The van der Waals surface area contributed by atoms with E-state index in [0.29, 0.717) is 12.1 Å². The van der Waals surface area contributed by atoms with Crippen LogP contribution in [0.1, 0.15) is 40.7 Å². The number of hydrogen-bond acceptors (Lipinski definition) is 5. The van der Waals surface area contributed by atoms with Crippen molar-refractivity contribution in [3.05, 3.63) is 89.6 Å². The Morgan fingerprint density at radius 2 is 2.00 bits per heavy atom. The minimum absolute atomic E-state index is 0.0132. The van der Waals surface area contributed by atoms with Crippen LogP contribution in [0.2, 0.25) is 0 Å². The quantitative estimate of drug-likeness (QED) is 0.394. The van der Waals surface area contributed by atoms with Crippen molar-refractivity contribution in [2.45, 2.75) is 24.8 Å². The number of nitrogens with two attached hydrogens (primary N) is 1. The Balaban J connectivity index is 1.32. The average Bonchev–Trinajstić information content (AvgIpc) is 3.65. The summed E-state index contributed by atoms with van der Waals surface area (Å²) in [6, 6.07) is 14.5. The Morgan fingerprint density at radius 3 is 2.76 bits per heavy atom. The summed E-state index contributed by atoms with van der Waals surface area (Å²) >= 11 is 0. The number of nitrogens with one attached hydrogen (secondary N) is 2. The van der Waals surface area contributed by atoms with Crippen molar-refractivity contribution in [1.82, 2.24) is 15.6 Å². The van der Waals surface area contributed by atoms with Crippen LogP contribution in [0.5, 0.6) is 5.75 Å². The number of amides is 1. The number of ether oxygens (including phenoxy) is 1. The molecule has 6 nitrogen and oxygen atoms in total. The molecule has 3 aromatic rings. The van der Waals surface area contributed by atoms with Crippen molar-refractivity contribution in [3.8, 4) is 16.9 Å². The van der Waals surface area contributed by atoms with E-state index >= 15 is 0 Å². The van der Waals surface area contributed by atoms with Crippen LogP contribution >= 0.6 is 0 Å². The highest BCUT2D eigenvalue weighted by Gasteiger charge is 2.43. The summed E-state index contributed by atoms with van der Waals surface area (Å²) in [4.78, 5) is 16.8. The fourth-order valence-corrected chi connectivity index (χ4v) is 4.02. The lowest BCUT2D eigenvalue weighted by molar-refractivity contribution is 0.0949. The lowest BCUT2D eigenvalue weighted by Crippen LogP contribution is -2.33. The number of carbonyl (C=O) groups excluding carboxylic acids is 1. The van der Waals surface area contributed by atoms with E-state index in [0.717, 1.165) is 42.7 Å². The summed E-state index contributed by atoms with van der Waals surface area (Å²) in [7, 11) is 1.67. The zero-order valence-corrected chi connectivity index (χ0v) is 19.2. The SMILES string of the molecule is COc1cccc(C2(NCCCNC(=O)c3cc(-c4cncc(/C=C\N)c4)ccc3F)CC2)c1. The zero-order valence-electron chi connectivity index (χ0n) is 19.2. The van der Waals surface area contributed by atoms with Gasteiger partial charge in [-0.05, 0) is 85.1 Å². The normalized spacial score (nSPS) is 14.2. The Morgan fingerprint density at radius 1 is 1.15 bits per heavy atom. The first-order valence-corrected chi connectivity index (χ1v) is 11.4. The van der Waals surface area contributed by atoms with Crippen LogP contribution in [0.4, 0.5) is 4.39 Å². The van der Waals surface area contributed by atoms with Crippen LogP contribution in [0, 0.1) is 5.82 Å². The highest BCUT2D eigenvalue weighted by Crippen LogP contribution is 2.46. The first-order chi connectivity index (χ1) is 16.5. The van der Waals surface area contributed by atoms with Crippen molar-refractivity contribution in [2.24, 2.45) is 5.73 Å². The predicted molar refractivity (Wildman–Crippen MR) is 132 cm³/mol. The zero-order chi connectivity index (χ0) is 24.0. The predicted octanol–water partition coefficient (Wildman–Crippen LogP) is 4.22. The molecule has 0 unspecified atom stereocenters. The third-order valence-electron chi connectivity index (χ3n) is 6.07. The third kappa shape index (κ3) is 5.43. The first-order valence-electron chi connectivity index (χ1n) is 11.4. The molecular formula is C27H29FN4O2. The van der Waals surface area contributed by atoms with Crippen molar-refractivity contribution >= 4 is 12.0 Å². The summed E-state index contributed by atoms with van der Waals surface area (Å²) in [6.45, 7) is 1.19. The molecule has 34 heavy (non-hydrogen) atoms. The van der Waals surface area contributed by atoms with Crippen LogP contribution < -0.4 is 21.1 Å². The van der Waals surface area contributed by atoms with Crippen molar-refractivity contribution in [1.29, 1.82) is 0 Å². The van der Waals surface area contributed by atoms with Crippen molar-refractivity contribution in [2.75, 3.05) is 20.2 Å². The van der Waals surface area contributed by atoms with Gasteiger partial charge in [-0.15, -0.1) is 0 Å². The molecule has 1 saturated carbocycles. The highest BCUT2D eigenvalue weighted by molar-refractivity contribution is 5.95. The lowest BCUT2D eigenvalue weighted by atomic mass is 10.0. The molecule has 7 heteroatoms. The van der Waals surface area contributed by atoms with Gasteiger partial charge in [0.05, 0.1) is 12.7 Å². The number of halogens is 1. The summed E-state index contributed by atoms with van der Waals surface area (Å²) in [6.07, 6.45) is 9.38. The molecule has 0 aliphatic heterocycles. The smallest absolute Gasteiger partial charge is 0.254 e. The van der Waals surface area contributed by atoms with Gasteiger partial charge in [-0.3, -0.25) is 9.78 Å². The molecule has 4 N–H and O–H groups in total. The number of rotatable bonds is 10. The molecule has 0 atom stereocenters. The maximum absolute atomic E-state index is 14.4. The van der Waals surface area contributed by atoms with Crippen LogP contribution in [0.15, 0.2) is 67.1 Å². The topological polar surface area (TPSA) is 89.3 Å². The van der Waals surface area contributed by atoms with Gasteiger partial charge < -0.3 is 21.1 Å². The molecule has 1 amide bonds. The molecule has 176 valence electrons. The van der Waals surface area contributed by atoms with Gasteiger partial charge in [-0.2, -0.15) is 0 Å². The van der Waals surface area contributed by atoms with Gasteiger partial charge >= 0.3 is 0 Å². The van der Waals surface area contributed by atoms with Crippen molar-refractivity contribution in [3.63, 3.8) is 0 Å². The molecule has 0 saturated heterocycles. The second-order valence-corrected chi connectivity index (χ2v) is 8.41. The maximum atomic E-state index is 14.4. The van der Waals surface area contributed by atoms with Gasteiger partial charge in [-0.1, -0.05) is 18.2 Å². The standard InChI is InChI=1S/C27H29FN4O2/c1-34-23-5-2-4-22(16-23)27(9-10-27)32-13-3-12-31-26(33)24-15-20(6-7-25(24)28)21-14-19(8-11-29)17-30-18-21/h2,4-8,11,14-18,32H,3,9-10,12-13,29H2,1H3,(H,31,33)/b11-8-. The number of benzene rings is 2. The molecular weight excluding hydrogens is 431 g/mol. The number of pyridine rings is 1. The minimum Gasteiger partial charge on any atom is -0.497 e. The lowest BCUT2D eigenvalue weighted by Gasteiger charge is -2.19. The molecule has 1 aliphatic carbocycles. The Bertz CT molecular complexity index is 1190. The summed E-state index contributed by atoms with van der Waals surface area (Å²) in [5.41, 5.74) is 8.98. The van der Waals surface area contributed by atoms with Gasteiger partial charge in [0.2, 0.25) is 0 Å². The van der Waals surface area contributed by atoms with Gasteiger partial charge in [-0.25, -0.2) is 4.39 Å². The molecule has 1 fully saturated rings. The third-order valence-corrected chi connectivity index (χ3v) is 6.07. The molecule has 0 radical (unpaired) electrons. The van der Waals surface area contributed by atoms with E-state index < -0.39 is 11.7 Å². The van der Waals surface area contributed by atoms with E-state index in [9.17, 15) is 9.18 Å². The number of carbonyl (C=O) groups is 1. The molecule has 1 aliphatic rings. The molecule has 1 aromatic heterocycles. The number of aromatic nitrogens is 1. The van der Waals surface area contributed by atoms with Crippen LogP contribution in [0.25, 0.3) is 17.2 Å². The second-order valence-electron chi connectivity index (χ2n) is 8.41. The first kappa shape index (κ1) is 23.4. The van der Waals surface area contributed by atoms with Crippen molar-refractivity contribution < 1.29 is 13.9 Å². The van der Waals surface area contributed by atoms with E-state index in [1.807, 2.05) is 18.2 Å². The monoisotopic (exact) mass is 460 g/mol. The van der Waals surface area contributed by atoms with Gasteiger partial charge in [0.25, 0.3) is 5.91 Å². The summed E-state index contributed by atoms with van der Waals surface area (Å²) in [5.74, 6) is -0.139. The second kappa shape index (κ2) is 10.5. The highest BCUT2D eigenvalue weighted by atomic mass is 19.1. The van der Waals surface area contributed by atoms with Crippen LogP contribution in [-0.2, 0) is 5.54 Å². The van der Waals surface area contributed by atoms with E-state index in [1.54, 1.807) is 37.7 Å². The molecule has 0 bridgehead atoms. The maximum Gasteiger partial charge on any atom is 0.254 e. The summed E-state index contributed by atoms with van der Waals surface area (Å²) in [5, 5.41) is 6.44. The largest absolute Gasteiger partial charge is 0.497 e. The number of methoxy groups -OCH3 is 1. The number of nitrogens with zero attached hydrogens (tertiary/aromatic N) is 1. The van der Waals surface area contributed by atoms with E-state index in [2.05, 4.69) is 27.8 Å². The molecule has 0 spiro atoms. The van der Waals surface area contributed by atoms with E-state index in [4.69, 9.17) is 10.5 Å². The molecule has 4 rings (SSSR count). The van der Waals surface area contributed by atoms with Gasteiger partial charge in [0.1, 0.15) is 11.6 Å². The fourth-order valence-electron chi connectivity index (χ4n) is 4.02. The number of hydrogen-bond donors (Lipinski definition) is 3. The Hall–Kier alpha value is -3.71. The van der Waals surface area contributed by atoms with Crippen LogP contribution in [-0.4, -0.2) is 31.1 Å². The summed E-state index contributed by atoms with van der Waals surface area (Å²) < 4.78 is 19.7. The van der Waals surface area contributed by atoms with Gasteiger partial charge in [0, 0.05) is 30.0 Å².